The number of nitrogens with zero attached hydrogens (tertiary/aromatic N) is 1. The highest BCUT2D eigenvalue weighted by molar-refractivity contribution is 14.1. The van der Waals surface area contributed by atoms with Crippen molar-refractivity contribution in [3.05, 3.63) is 24.0 Å². The Balaban J connectivity index is 2.73. The van der Waals surface area contributed by atoms with Crippen molar-refractivity contribution < 1.29 is 8.76 Å². The minimum atomic E-state index is -2.18. The van der Waals surface area contributed by atoms with E-state index in [9.17, 15) is 8.76 Å². The smallest absolute Gasteiger partial charge is 0.0512 e. The predicted octanol–water partition coefficient (Wildman–Crippen LogP) is 0.570. The molecule has 1 rings (SSSR count). The molecule has 1 aromatic rings. The standard InChI is InChI=1S/C5H7IN2O2S/c6-7-3-5-1-2-8(4-5)11(9)10/h1-2,4,7H,3H2,(H,9,10)/p-1. The fraction of sp³-hybridized carbons (Fsp3) is 0.200. The predicted molar refractivity (Wildman–Crippen MR) is 49.6 cm³/mol. The first-order valence-corrected chi connectivity index (χ1v) is 4.95. The molecular weight excluding hydrogens is 279 g/mol. The zero-order valence-electron chi connectivity index (χ0n) is 5.49. The molecule has 6 heteroatoms. The molecule has 11 heavy (non-hydrogen) atoms. The van der Waals surface area contributed by atoms with Gasteiger partial charge in [-0.15, -0.1) is 0 Å². The summed E-state index contributed by atoms with van der Waals surface area (Å²) in [7, 11) is 0. The van der Waals surface area contributed by atoms with Gasteiger partial charge in [-0.1, -0.05) is 0 Å². The van der Waals surface area contributed by atoms with Crippen LogP contribution in [0.1, 0.15) is 5.56 Å². The monoisotopic (exact) mass is 285 g/mol. The van der Waals surface area contributed by atoms with Crippen molar-refractivity contribution in [2.45, 2.75) is 6.54 Å². The highest BCUT2D eigenvalue weighted by Gasteiger charge is 1.94. The molecule has 0 saturated heterocycles. The van der Waals surface area contributed by atoms with Crippen molar-refractivity contribution in [1.82, 2.24) is 7.50 Å². The lowest BCUT2D eigenvalue weighted by Crippen LogP contribution is -2.00. The summed E-state index contributed by atoms with van der Waals surface area (Å²) < 4.78 is 24.7. The Morgan fingerprint density at radius 2 is 2.55 bits per heavy atom. The molecule has 1 atom stereocenters. The van der Waals surface area contributed by atoms with Gasteiger partial charge in [0.05, 0.1) is 11.3 Å². The van der Waals surface area contributed by atoms with E-state index in [4.69, 9.17) is 0 Å². The van der Waals surface area contributed by atoms with E-state index < -0.39 is 11.3 Å². The van der Waals surface area contributed by atoms with Gasteiger partial charge in [0.15, 0.2) is 0 Å². The molecule has 1 unspecified atom stereocenters. The second-order valence-electron chi connectivity index (χ2n) is 1.91. The Morgan fingerprint density at radius 1 is 1.82 bits per heavy atom. The number of hydrogen-bond donors (Lipinski definition) is 1. The third-order valence-electron chi connectivity index (χ3n) is 1.17. The number of hydrogen-bond acceptors (Lipinski definition) is 3. The number of rotatable bonds is 3. The molecule has 1 heterocycles. The largest absolute Gasteiger partial charge is 0.755 e. The van der Waals surface area contributed by atoms with Crippen molar-refractivity contribution in [1.29, 1.82) is 0 Å². The number of aromatic nitrogens is 1. The first-order chi connectivity index (χ1) is 5.24. The minimum absolute atomic E-state index is 0.671. The topological polar surface area (TPSA) is 57.1 Å². The molecule has 1 aromatic heterocycles. The molecule has 0 amide bonds. The molecule has 1 N–H and O–H groups in total. The zero-order chi connectivity index (χ0) is 8.27. The quantitative estimate of drug-likeness (QED) is 0.502. The lowest BCUT2D eigenvalue weighted by molar-refractivity contribution is 0.528. The van der Waals surface area contributed by atoms with Crippen LogP contribution in [-0.4, -0.2) is 12.7 Å². The highest BCUT2D eigenvalue weighted by Crippen LogP contribution is 2.01. The molecular formula is C5H6IN2O2S-. The van der Waals surface area contributed by atoms with E-state index in [0.29, 0.717) is 6.54 Å². The van der Waals surface area contributed by atoms with Crippen molar-refractivity contribution in [3.8, 4) is 0 Å². The Morgan fingerprint density at radius 3 is 3.00 bits per heavy atom. The van der Waals surface area contributed by atoms with E-state index in [2.05, 4.69) is 3.53 Å². The van der Waals surface area contributed by atoms with Crippen molar-refractivity contribution in [3.63, 3.8) is 0 Å². The molecule has 0 saturated carbocycles. The molecule has 0 aliphatic heterocycles. The Hall–Kier alpha value is 0.0800. The van der Waals surface area contributed by atoms with Crippen molar-refractivity contribution in [2.75, 3.05) is 0 Å². The summed E-state index contributed by atoms with van der Waals surface area (Å²) in [6, 6.07) is 1.75. The van der Waals surface area contributed by atoms with E-state index in [-0.39, 0.29) is 0 Å². The van der Waals surface area contributed by atoms with Crippen LogP contribution in [0.2, 0.25) is 0 Å². The van der Waals surface area contributed by atoms with Crippen LogP contribution in [0.15, 0.2) is 18.5 Å². The SMILES string of the molecule is O=S([O-])n1ccc(CNI)c1. The molecule has 0 aliphatic rings. The maximum Gasteiger partial charge on any atom is 0.0512 e. The van der Waals surface area contributed by atoms with Crippen LogP contribution in [0, 0.1) is 0 Å². The van der Waals surface area contributed by atoms with Gasteiger partial charge in [0.1, 0.15) is 0 Å². The van der Waals surface area contributed by atoms with E-state index in [1.54, 1.807) is 12.3 Å². The average molecular weight is 285 g/mol. The van der Waals surface area contributed by atoms with Gasteiger partial charge in [-0.05, 0) is 11.6 Å². The van der Waals surface area contributed by atoms with Crippen LogP contribution in [0.25, 0.3) is 0 Å². The van der Waals surface area contributed by atoms with Crippen LogP contribution < -0.4 is 3.53 Å². The van der Waals surface area contributed by atoms with Crippen LogP contribution in [0.5, 0.6) is 0 Å². The first kappa shape index (κ1) is 9.17. The lowest BCUT2D eigenvalue weighted by Gasteiger charge is -2.03. The fourth-order valence-electron chi connectivity index (χ4n) is 0.693. The van der Waals surface area contributed by atoms with E-state index in [1.165, 1.54) is 6.20 Å². The summed E-state index contributed by atoms with van der Waals surface area (Å²) in [5, 5.41) is 0. The fourth-order valence-corrected chi connectivity index (χ4v) is 1.52. The summed E-state index contributed by atoms with van der Waals surface area (Å²) in [6.45, 7) is 0.671. The zero-order valence-corrected chi connectivity index (χ0v) is 8.46. The van der Waals surface area contributed by atoms with Crippen LogP contribution in [0.3, 0.4) is 0 Å². The van der Waals surface area contributed by atoms with Crippen molar-refractivity contribution >= 4 is 34.1 Å². The summed E-state index contributed by atoms with van der Waals surface area (Å²) in [5.41, 5.74) is 0.948. The molecule has 4 nitrogen and oxygen atoms in total. The third kappa shape index (κ3) is 2.55. The molecule has 0 aliphatic carbocycles. The molecule has 0 aromatic carbocycles. The Labute approximate surface area is 80.9 Å². The van der Waals surface area contributed by atoms with Gasteiger partial charge >= 0.3 is 0 Å². The molecule has 0 fully saturated rings. The number of nitrogens with one attached hydrogen (secondary N) is 1. The minimum Gasteiger partial charge on any atom is -0.755 e. The van der Waals surface area contributed by atoms with Crippen LogP contribution in [-0.2, 0) is 17.8 Å². The maximum absolute atomic E-state index is 10.4. The third-order valence-corrected chi connectivity index (χ3v) is 2.12. The summed E-state index contributed by atoms with van der Waals surface area (Å²) >= 11 is -0.171. The van der Waals surface area contributed by atoms with Gasteiger partial charge in [-0.2, -0.15) is 0 Å². The summed E-state index contributed by atoms with van der Waals surface area (Å²) in [5.74, 6) is 0. The van der Waals surface area contributed by atoms with Gasteiger partial charge in [0.25, 0.3) is 0 Å². The lowest BCUT2D eigenvalue weighted by atomic mass is 10.4. The first-order valence-electron chi connectivity index (χ1n) is 2.84. The summed E-state index contributed by atoms with van der Waals surface area (Å²) in [6.07, 6.45) is 3.07. The molecule has 0 bridgehead atoms. The molecule has 0 spiro atoms. The van der Waals surface area contributed by atoms with Crippen molar-refractivity contribution in [2.24, 2.45) is 0 Å². The van der Waals surface area contributed by atoms with Gasteiger partial charge in [0, 0.05) is 41.8 Å². The average Bonchev–Trinajstić information content (AvgIpc) is 2.37. The number of halogens is 1. The highest BCUT2D eigenvalue weighted by atomic mass is 127. The van der Waals surface area contributed by atoms with Crippen LogP contribution >= 0.6 is 22.9 Å². The van der Waals surface area contributed by atoms with E-state index >= 15 is 0 Å². The van der Waals surface area contributed by atoms with Gasteiger partial charge < -0.3 is 4.55 Å². The second kappa shape index (κ2) is 4.19. The van der Waals surface area contributed by atoms with E-state index in [1.807, 2.05) is 22.9 Å². The maximum atomic E-state index is 10.4. The Bertz CT molecular complexity index is 263. The van der Waals surface area contributed by atoms with Gasteiger partial charge in [-0.3, -0.25) is 11.7 Å². The molecule has 0 radical (unpaired) electrons. The van der Waals surface area contributed by atoms with Gasteiger partial charge in [-0.25, -0.2) is 0 Å². The summed E-state index contributed by atoms with van der Waals surface area (Å²) in [4.78, 5) is 0. The van der Waals surface area contributed by atoms with Gasteiger partial charge in [0.2, 0.25) is 0 Å². The Kier molecular flexibility index (Phi) is 3.49. The van der Waals surface area contributed by atoms with E-state index in [0.717, 1.165) is 9.54 Å². The normalized spacial score (nSPS) is 13.3. The second-order valence-corrected chi connectivity index (χ2v) is 3.53. The molecule has 62 valence electrons. The van der Waals surface area contributed by atoms with Crippen LogP contribution in [0.4, 0.5) is 0 Å².